The molecule has 0 saturated heterocycles. The minimum atomic E-state index is 0.167. The summed E-state index contributed by atoms with van der Waals surface area (Å²) in [5.41, 5.74) is 0. The van der Waals surface area contributed by atoms with Gasteiger partial charge in [0.2, 0.25) is 0 Å². The molecule has 1 atom stereocenters. The monoisotopic (exact) mass is 115 g/mol. The van der Waals surface area contributed by atoms with Gasteiger partial charge < -0.3 is 9.57 Å². The molecule has 0 fully saturated rings. The summed E-state index contributed by atoms with van der Waals surface area (Å²) in [6, 6.07) is 0. The second-order valence-corrected chi connectivity index (χ2v) is 1.71. The summed E-state index contributed by atoms with van der Waals surface area (Å²) in [5, 5.41) is 3.58. The lowest BCUT2D eigenvalue weighted by molar-refractivity contribution is 0.0209. The summed E-state index contributed by atoms with van der Waals surface area (Å²) in [7, 11) is 1.65. The highest BCUT2D eigenvalue weighted by Gasteiger charge is 2.11. The molecule has 1 heterocycles. The van der Waals surface area contributed by atoms with Gasteiger partial charge in [0.15, 0.2) is 6.10 Å². The first kappa shape index (κ1) is 5.56. The van der Waals surface area contributed by atoms with Crippen LogP contribution in [0.1, 0.15) is 6.42 Å². The third-order valence-corrected chi connectivity index (χ3v) is 1.01. The van der Waals surface area contributed by atoms with E-state index < -0.39 is 0 Å². The normalized spacial score (nSPS) is 25.9. The van der Waals surface area contributed by atoms with Crippen molar-refractivity contribution in [1.82, 2.24) is 0 Å². The Bertz CT molecular complexity index is 84.4. The van der Waals surface area contributed by atoms with Crippen molar-refractivity contribution >= 4 is 6.21 Å². The number of hydrogen-bond acceptors (Lipinski definition) is 3. The number of oxime groups is 1. The summed E-state index contributed by atoms with van der Waals surface area (Å²) in [4.78, 5) is 4.84. The first-order valence-electron chi connectivity index (χ1n) is 2.60. The lowest BCUT2D eigenvalue weighted by Crippen LogP contribution is -2.12. The first-order valence-corrected chi connectivity index (χ1v) is 2.60. The maximum atomic E-state index is 4.84. The average Bonchev–Trinajstić information content (AvgIpc) is 2.19. The SMILES string of the molecule is COCC1CC=NO1. The largest absolute Gasteiger partial charge is 0.390 e. The molecule has 0 saturated carbocycles. The number of methoxy groups -OCH3 is 1. The molecule has 46 valence electrons. The van der Waals surface area contributed by atoms with Crippen molar-refractivity contribution < 1.29 is 9.57 Å². The predicted octanol–water partition coefficient (Wildman–Crippen LogP) is 0.408. The van der Waals surface area contributed by atoms with Crippen LogP contribution in [0.4, 0.5) is 0 Å². The van der Waals surface area contributed by atoms with Gasteiger partial charge in [-0.25, -0.2) is 0 Å². The third-order valence-electron chi connectivity index (χ3n) is 1.01. The summed E-state index contributed by atoms with van der Waals surface area (Å²) < 4.78 is 4.82. The van der Waals surface area contributed by atoms with Crippen LogP contribution >= 0.6 is 0 Å². The number of rotatable bonds is 2. The first-order chi connectivity index (χ1) is 3.93. The molecule has 0 radical (unpaired) electrons. The van der Waals surface area contributed by atoms with Crippen molar-refractivity contribution in [3.63, 3.8) is 0 Å². The standard InChI is InChI=1S/C5H9NO2/c1-7-4-5-2-3-6-8-5/h3,5H,2,4H2,1H3. The Kier molecular flexibility index (Phi) is 1.86. The molecular formula is C5H9NO2. The molecule has 1 rings (SSSR count). The van der Waals surface area contributed by atoms with Crippen LogP contribution in [0.5, 0.6) is 0 Å². The Hall–Kier alpha value is -0.570. The molecule has 0 spiro atoms. The van der Waals surface area contributed by atoms with E-state index in [0.717, 1.165) is 6.42 Å². The second-order valence-electron chi connectivity index (χ2n) is 1.71. The Morgan fingerprint density at radius 3 is 3.38 bits per heavy atom. The van der Waals surface area contributed by atoms with Crippen molar-refractivity contribution in [1.29, 1.82) is 0 Å². The van der Waals surface area contributed by atoms with Gasteiger partial charge in [-0.3, -0.25) is 0 Å². The molecule has 3 nitrogen and oxygen atoms in total. The van der Waals surface area contributed by atoms with E-state index in [4.69, 9.17) is 9.57 Å². The lowest BCUT2D eigenvalue weighted by atomic mass is 10.3. The second kappa shape index (κ2) is 2.67. The predicted molar refractivity (Wildman–Crippen MR) is 29.9 cm³/mol. The van der Waals surface area contributed by atoms with Gasteiger partial charge in [0.1, 0.15) is 0 Å². The van der Waals surface area contributed by atoms with E-state index in [0.29, 0.717) is 6.61 Å². The summed E-state index contributed by atoms with van der Waals surface area (Å²) in [6.45, 7) is 0.639. The Morgan fingerprint density at radius 2 is 2.88 bits per heavy atom. The third kappa shape index (κ3) is 1.20. The van der Waals surface area contributed by atoms with Gasteiger partial charge in [-0.05, 0) is 0 Å². The molecule has 8 heavy (non-hydrogen) atoms. The van der Waals surface area contributed by atoms with E-state index in [1.807, 2.05) is 0 Å². The maximum Gasteiger partial charge on any atom is 0.155 e. The maximum absolute atomic E-state index is 4.84. The van der Waals surface area contributed by atoms with Crippen LogP contribution in [0.25, 0.3) is 0 Å². The highest BCUT2D eigenvalue weighted by atomic mass is 16.7. The molecule has 0 aromatic carbocycles. The van der Waals surface area contributed by atoms with Crippen LogP contribution in [0.3, 0.4) is 0 Å². The topological polar surface area (TPSA) is 30.8 Å². The van der Waals surface area contributed by atoms with Crippen LogP contribution in [-0.2, 0) is 9.57 Å². The zero-order valence-corrected chi connectivity index (χ0v) is 4.83. The van der Waals surface area contributed by atoms with Crippen LogP contribution in [-0.4, -0.2) is 26.0 Å². The van der Waals surface area contributed by atoms with Gasteiger partial charge in [-0.2, -0.15) is 0 Å². The minimum Gasteiger partial charge on any atom is -0.390 e. The fourth-order valence-corrected chi connectivity index (χ4v) is 0.617. The number of ether oxygens (including phenoxy) is 1. The van der Waals surface area contributed by atoms with E-state index in [2.05, 4.69) is 5.16 Å². The molecular weight excluding hydrogens is 106 g/mol. The quantitative estimate of drug-likeness (QED) is 0.521. The number of hydrogen-bond donors (Lipinski definition) is 0. The molecule has 0 aliphatic carbocycles. The van der Waals surface area contributed by atoms with Gasteiger partial charge in [0, 0.05) is 19.7 Å². The van der Waals surface area contributed by atoms with Gasteiger partial charge in [0.05, 0.1) is 6.61 Å². The summed E-state index contributed by atoms with van der Waals surface area (Å²) in [5.74, 6) is 0. The van der Waals surface area contributed by atoms with Gasteiger partial charge in [-0.15, -0.1) is 0 Å². The molecule has 1 unspecified atom stereocenters. The highest BCUT2D eigenvalue weighted by molar-refractivity contribution is 5.58. The summed E-state index contributed by atoms with van der Waals surface area (Å²) >= 11 is 0. The van der Waals surface area contributed by atoms with Crippen molar-refractivity contribution in [3.8, 4) is 0 Å². The zero-order chi connectivity index (χ0) is 5.82. The molecule has 1 aliphatic heterocycles. The van der Waals surface area contributed by atoms with Crippen molar-refractivity contribution in [3.05, 3.63) is 0 Å². The van der Waals surface area contributed by atoms with E-state index in [1.54, 1.807) is 13.3 Å². The smallest absolute Gasteiger partial charge is 0.155 e. The molecule has 0 bridgehead atoms. The van der Waals surface area contributed by atoms with Gasteiger partial charge in [0.25, 0.3) is 0 Å². The molecule has 0 aromatic rings. The van der Waals surface area contributed by atoms with Crippen LogP contribution < -0.4 is 0 Å². The highest BCUT2D eigenvalue weighted by Crippen LogP contribution is 2.03. The van der Waals surface area contributed by atoms with Crippen LogP contribution in [0.15, 0.2) is 5.16 Å². The van der Waals surface area contributed by atoms with Gasteiger partial charge in [-0.1, -0.05) is 5.16 Å². The van der Waals surface area contributed by atoms with E-state index in [1.165, 1.54) is 0 Å². The van der Waals surface area contributed by atoms with Crippen molar-refractivity contribution in [2.75, 3.05) is 13.7 Å². The Labute approximate surface area is 48.3 Å². The molecule has 3 heteroatoms. The van der Waals surface area contributed by atoms with E-state index >= 15 is 0 Å². The zero-order valence-electron chi connectivity index (χ0n) is 4.83. The fourth-order valence-electron chi connectivity index (χ4n) is 0.617. The molecule has 0 aromatic heterocycles. The molecule has 1 aliphatic rings. The van der Waals surface area contributed by atoms with Crippen LogP contribution in [0, 0.1) is 0 Å². The summed E-state index contributed by atoms with van der Waals surface area (Å²) in [6.07, 6.45) is 2.80. The van der Waals surface area contributed by atoms with E-state index in [-0.39, 0.29) is 6.10 Å². The number of nitrogens with zero attached hydrogens (tertiary/aromatic N) is 1. The van der Waals surface area contributed by atoms with Crippen molar-refractivity contribution in [2.45, 2.75) is 12.5 Å². The average molecular weight is 115 g/mol. The fraction of sp³-hybridized carbons (Fsp3) is 0.800. The van der Waals surface area contributed by atoms with Crippen molar-refractivity contribution in [2.24, 2.45) is 5.16 Å². The van der Waals surface area contributed by atoms with Gasteiger partial charge >= 0.3 is 0 Å². The molecule has 0 amide bonds. The lowest BCUT2D eigenvalue weighted by Gasteiger charge is -2.03. The Morgan fingerprint density at radius 1 is 2.00 bits per heavy atom. The Balaban J connectivity index is 2.10. The van der Waals surface area contributed by atoms with E-state index in [9.17, 15) is 0 Å². The van der Waals surface area contributed by atoms with Crippen LogP contribution in [0.2, 0.25) is 0 Å². The minimum absolute atomic E-state index is 0.167. The molecule has 0 N–H and O–H groups in total.